The summed E-state index contributed by atoms with van der Waals surface area (Å²) in [6, 6.07) is 13.5. The number of carbonyl (C=O) groups is 4. The number of rotatable bonds is 2. The maximum Gasteiger partial charge on any atom is 0.410 e. The van der Waals surface area contributed by atoms with Crippen LogP contribution in [-0.2, 0) is 37.4 Å². The molecule has 0 saturated carbocycles. The van der Waals surface area contributed by atoms with Gasteiger partial charge in [0.25, 0.3) is 0 Å². The number of hydrogen-bond donors (Lipinski definition) is 1. The van der Waals surface area contributed by atoms with Crippen molar-refractivity contribution < 1.29 is 23.9 Å². The van der Waals surface area contributed by atoms with Gasteiger partial charge in [-0.2, -0.15) is 0 Å². The Bertz CT molecular complexity index is 1370. The summed E-state index contributed by atoms with van der Waals surface area (Å²) in [7, 11) is 0. The van der Waals surface area contributed by atoms with Crippen molar-refractivity contribution in [3.63, 3.8) is 0 Å². The SMILES string of the molecule is CC(C)(C)OC(=O)N1CCN(c2ccc3c(c2)CC2(C3)C(=O)N(C3CCC(=O)NC3=O)c3ccccc32)CC1. The van der Waals surface area contributed by atoms with Gasteiger partial charge in [-0.15, -0.1) is 0 Å². The number of hydrogen-bond acceptors (Lipinski definition) is 6. The predicted octanol–water partition coefficient (Wildman–Crippen LogP) is 2.93. The predicted molar refractivity (Wildman–Crippen MR) is 146 cm³/mol. The lowest BCUT2D eigenvalue weighted by Crippen LogP contribution is -2.55. The molecule has 2 atom stereocenters. The number of para-hydroxylation sites is 1. The lowest BCUT2D eigenvalue weighted by molar-refractivity contribution is -0.136. The van der Waals surface area contributed by atoms with E-state index in [0.717, 1.165) is 28.1 Å². The van der Waals surface area contributed by atoms with Gasteiger partial charge in [0, 0.05) is 44.0 Å². The zero-order chi connectivity index (χ0) is 27.5. The first-order valence-corrected chi connectivity index (χ1v) is 13.7. The van der Waals surface area contributed by atoms with Gasteiger partial charge in [-0.25, -0.2) is 4.79 Å². The van der Waals surface area contributed by atoms with Crippen molar-refractivity contribution >= 4 is 35.2 Å². The standard InChI is InChI=1S/C30H34N4O5/c1-29(2,3)39-28(38)33-14-12-32(13-15-33)21-9-8-19-17-30(18-20(19)16-21)22-6-4-5-7-23(22)34(27(30)37)24-10-11-25(35)31-26(24)36/h4-9,16,24H,10-15,17-18H2,1-3H3,(H,31,35,36). The summed E-state index contributed by atoms with van der Waals surface area (Å²) in [5.41, 5.74) is 3.79. The maximum absolute atomic E-state index is 14.2. The van der Waals surface area contributed by atoms with Gasteiger partial charge >= 0.3 is 6.09 Å². The molecule has 3 aliphatic heterocycles. The first kappa shape index (κ1) is 25.4. The molecular weight excluding hydrogens is 496 g/mol. The molecule has 2 aromatic rings. The van der Waals surface area contributed by atoms with Crippen molar-refractivity contribution in [2.45, 2.75) is 63.5 Å². The lowest BCUT2D eigenvalue weighted by Gasteiger charge is -2.37. The fourth-order valence-corrected chi connectivity index (χ4v) is 6.46. The van der Waals surface area contributed by atoms with Crippen LogP contribution < -0.4 is 15.1 Å². The number of nitrogens with one attached hydrogen (secondary N) is 1. The largest absolute Gasteiger partial charge is 0.444 e. The third-order valence-electron chi connectivity index (χ3n) is 8.30. The monoisotopic (exact) mass is 530 g/mol. The number of carbonyl (C=O) groups excluding carboxylic acids is 4. The summed E-state index contributed by atoms with van der Waals surface area (Å²) < 4.78 is 5.53. The second-order valence-electron chi connectivity index (χ2n) is 12.0. The van der Waals surface area contributed by atoms with E-state index in [1.807, 2.05) is 45.0 Å². The fourth-order valence-electron chi connectivity index (χ4n) is 6.46. The van der Waals surface area contributed by atoms with Crippen molar-refractivity contribution in [2.24, 2.45) is 0 Å². The van der Waals surface area contributed by atoms with Crippen molar-refractivity contribution in [3.8, 4) is 0 Å². The Labute approximate surface area is 228 Å². The smallest absolute Gasteiger partial charge is 0.410 e. The molecule has 9 heteroatoms. The van der Waals surface area contributed by atoms with E-state index in [-0.39, 0.29) is 24.3 Å². The summed E-state index contributed by atoms with van der Waals surface area (Å²) in [4.78, 5) is 56.8. The fraction of sp³-hybridized carbons (Fsp3) is 0.467. The molecule has 6 rings (SSSR count). The zero-order valence-corrected chi connectivity index (χ0v) is 22.7. The maximum atomic E-state index is 14.2. The highest BCUT2D eigenvalue weighted by Gasteiger charge is 2.56. The molecule has 2 aromatic carbocycles. The van der Waals surface area contributed by atoms with Crippen LogP contribution in [0.4, 0.5) is 16.2 Å². The molecule has 204 valence electrons. The number of amides is 4. The molecule has 2 fully saturated rings. The molecule has 4 amide bonds. The molecule has 4 aliphatic rings. The van der Waals surface area contributed by atoms with Gasteiger partial charge in [0.2, 0.25) is 17.7 Å². The average Bonchev–Trinajstić information content (AvgIpc) is 3.39. The Balaban J connectivity index is 1.22. The van der Waals surface area contributed by atoms with E-state index in [2.05, 4.69) is 28.4 Å². The van der Waals surface area contributed by atoms with Gasteiger partial charge in [-0.3, -0.25) is 24.6 Å². The van der Waals surface area contributed by atoms with Gasteiger partial charge in [0.05, 0.1) is 5.41 Å². The first-order valence-electron chi connectivity index (χ1n) is 13.7. The number of ether oxygens (including phenoxy) is 1. The second-order valence-corrected chi connectivity index (χ2v) is 12.0. The van der Waals surface area contributed by atoms with Crippen LogP contribution in [0.1, 0.15) is 50.3 Å². The summed E-state index contributed by atoms with van der Waals surface area (Å²) >= 11 is 0. The number of benzene rings is 2. The van der Waals surface area contributed by atoms with Crippen LogP contribution >= 0.6 is 0 Å². The van der Waals surface area contributed by atoms with Crippen LogP contribution in [0, 0.1) is 0 Å². The van der Waals surface area contributed by atoms with Gasteiger partial charge in [0.1, 0.15) is 11.6 Å². The summed E-state index contributed by atoms with van der Waals surface area (Å²) in [6.07, 6.45) is 1.41. The molecule has 0 radical (unpaired) electrons. The van der Waals surface area contributed by atoms with Crippen molar-refractivity contribution in [2.75, 3.05) is 36.0 Å². The van der Waals surface area contributed by atoms with Crippen molar-refractivity contribution in [1.82, 2.24) is 10.2 Å². The highest BCUT2D eigenvalue weighted by Crippen LogP contribution is 2.51. The summed E-state index contributed by atoms with van der Waals surface area (Å²) in [5, 5.41) is 2.41. The zero-order valence-electron chi connectivity index (χ0n) is 22.7. The molecule has 0 bridgehead atoms. The van der Waals surface area contributed by atoms with Crippen LogP contribution in [0.2, 0.25) is 0 Å². The van der Waals surface area contributed by atoms with Crippen LogP contribution in [0.15, 0.2) is 42.5 Å². The number of piperidine rings is 1. The van der Waals surface area contributed by atoms with Crippen LogP contribution in [-0.4, -0.2) is 66.5 Å². The molecule has 0 aromatic heterocycles. The second kappa shape index (κ2) is 9.10. The Morgan fingerprint density at radius 2 is 1.69 bits per heavy atom. The van der Waals surface area contributed by atoms with E-state index in [9.17, 15) is 19.2 Å². The van der Waals surface area contributed by atoms with Crippen LogP contribution in [0.5, 0.6) is 0 Å². The third-order valence-corrected chi connectivity index (χ3v) is 8.30. The third kappa shape index (κ3) is 4.33. The highest BCUT2D eigenvalue weighted by molar-refractivity contribution is 6.14. The van der Waals surface area contributed by atoms with Gasteiger partial charge in [-0.1, -0.05) is 24.3 Å². The lowest BCUT2D eigenvalue weighted by atomic mass is 9.79. The molecule has 2 saturated heterocycles. The minimum atomic E-state index is -0.755. The molecule has 1 spiro atoms. The summed E-state index contributed by atoms with van der Waals surface area (Å²) in [5.74, 6) is -0.768. The number of piperazine rings is 1. The highest BCUT2D eigenvalue weighted by atomic mass is 16.6. The Hall–Kier alpha value is -3.88. The Kier molecular flexibility index (Phi) is 5.93. The van der Waals surface area contributed by atoms with E-state index in [4.69, 9.17) is 4.74 Å². The molecule has 3 heterocycles. The van der Waals surface area contributed by atoms with Gasteiger partial charge < -0.3 is 14.5 Å². The quantitative estimate of drug-likeness (QED) is 0.600. The molecule has 1 aliphatic carbocycles. The normalized spacial score (nSPS) is 24.6. The first-order chi connectivity index (χ1) is 18.6. The van der Waals surface area contributed by atoms with Crippen LogP contribution in [0.25, 0.3) is 0 Å². The molecule has 2 unspecified atom stereocenters. The van der Waals surface area contributed by atoms with E-state index in [1.165, 1.54) is 0 Å². The van der Waals surface area contributed by atoms with E-state index >= 15 is 0 Å². The number of imide groups is 1. The van der Waals surface area contributed by atoms with Crippen molar-refractivity contribution in [3.05, 3.63) is 59.2 Å². The van der Waals surface area contributed by atoms with E-state index in [1.54, 1.807) is 9.80 Å². The number of anilines is 2. The number of fused-ring (bicyclic) bond motifs is 3. The van der Waals surface area contributed by atoms with Crippen molar-refractivity contribution in [1.29, 1.82) is 0 Å². The van der Waals surface area contributed by atoms with Gasteiger partial charge in [-0.05, 0) is 74.9 Å². The number of nitrogens with zero attached hydrogens (tertiary/aromatic N) is 3. The van der Waals surface area contributed by atoms with E-state index in [0.29, 0.717) is 45.4 Å². The molecule has 39 heavy (non-hydrogen) atoms. The molecular formula is C30H34N4O5. The topological polar surface area (TPSA) is 99.3 Å². The molecule has 1 N–H and O–H groups in total. The Morgan fingerprint density at radius 1 is 0.974 bits per heavy atom. The average molecular weight is 531 g/mol. The van der Waals surface area contributed by atoms with Gasteiger partial charge in [0.15, 0.2) is 0 Å². The minimum absolute atomic E-state index is 0.0677. The summed E-state index contributed by atoms with van der Waals surface area (Å²) in [6.45, 7) is 8.19. The van der Waals surface area contributed by atoms with E-state index < -0.39 is 23.0 Å². The Morgan fingerprint density at radius 3 is 2.41 bits per heavy atom. The minimum Gasteiger partial charge on any atom is -0.444 e. The molecule has 9 nitrogen and oxygen atoms in total. The van der Waals surface area contributed by atoms with Crippen LogP contribution in [0.3, 0.4) is 0 Å².